The third-order valence-corrected chi connectivity index (χ3v) is 11.1. The van der Waals surface area contributed by atoms with E-state index in [4.69, 9.17) is 14.6 Å². The summed E-state index contributed by atoms with van der Waals surface area (Å²) in [5.74, 6) is -0.752. The average Bonchev–Trinajstić information content (AvgIpc) is 3.35. The minimum atomic E-state index is -0.768. The Balaban J connectivity index is 1.09. The molecule has 1 aliphatic carbocycles. The highest BCUT2D eigenvalue weighted by molar-refractivity contribution is 5.76. The summed E-state index contributed by atoms with van der Waals surface area (Å²) < 4.78 is 13.4. The fourth-order valence-electron chi connectivity index (χ4n) is 8.98. The van der Waals surface area contributed by atoms with Crippen molar-refractivity contribution in [2.45, 2.75) is 123 Å². The van der Waals surface area contributed by atoms with Gasteiger partial charge in [-0.3, -0.25) is 14.5 Å². The van der Waals surface area contributed by atoms with Gasteiger partial charge in [0.25, 0.3) is 0 Å². The van der Waals surface area contributed by atoms with Crippen molar-refractivity contribution in [3.05, 3.63) is 95.1 Å². The van der Waals surface area contributed by atoms with Crippen molar-refractivity contribution < 1.29 is 29.3 Å². The Kier molecular flexibility index (Phi) is 12.0. The molecule has 5 unspecified atom stereocenters. The summed E-state index contributed by atoms with van der Waals surface area (Å²) >= 11 is 0. The number of hydrogen-bond donors (Lipinski definition) is 3. The Morgan fingerprint density at radius 1 is 0.843 bits per heavy atom. The smallest absolute Gasteiger partial charge is 0.303 e. The Labute approximate surface area is 303 Å². The number of rotatable bonds is 15. The van der Waals surface area contributed by atoms with Crippen LogP contribution in [0.5, 0.6) is 0 Å². The molecule has 0 radical (unpaired) electrons. The zero-order valence-corrected chi connectivity index (χ0v) is 30.6. The summed E-state index contributed by atoms with van der Waals surface area (Å²) in [5.41, 5.74) is 6.90. The minimum Gasteiger partial charge on any atom is -0.481 e. The fraction of sp³-hybridized carbons (Fsp3) is 0.535. The van der Waals surface area contributed by atoms with Crippen LogP contribution in [-0.4, -0.2) is 52.2 Å². The maximum atomic E-state index is 12.4. The van der Waals surface area contributed by atoms with E-state index in [0.717, 1.165) is 72.2 Å². The van der Waals surface area contributed by atoms with Gasteiger partial charge in [0, 0.05) is 50.5 Å². The van der Waals surface area contributed by atoms with Gasteiger partial charge < -0.3 is 25.0 Å². The molecule has 6 rings (SSSR count). The number of unbranched alkanes of at least 4 members (excludes halogenated alkanes) is 3. The Morgan fingerprint density at radius 3 is 2.29 bits per heavy atom. The number of aliphatic hydroxyl groups is 1. The number of carbonyl (C=O) groups is 2. The minimum absolute atomic E-state index is 0.0160. The maximum Gasteiger partial charge on any atom is 0.303 e. The number of ether oxygens (including phenoxy) is 2. The van der Waals surface area contributed by atoms with Gasteiger partial charge in [0.2, 0.25) is 5.91 Å². The molecule has 3 N–H and O–H groups in total. The third kappa shape index (κ3) is 10.1. The van der Waals surface area contributed by atoms with E-state index in [0.29, 0.717) is 36.3 Å². The molecule has 3 fully saturated rings. The van der Waals surface area contributed by atoms with Crippen molar-refractivity contribution in [3.63, 3.8) is 0 Å². The maximum absolute atomic E-state index is 12.4. The SMILES string of the molecule is CC1(C)CC2CC(C)(CN2CC2CC(c3ccc(CO)cc3)OC(c3ccc(-c4cccc(CNC(=O)CCCCCCC(=O)O)c4)cc3)O2)C1. The van der Waals surface area contributed by atoms with Gasteiger partial charge in [-0.1, -0.05) is 100 Å². The van der Waals surface area contributed by atoms with Crippen LogP contribution in [0, 0.1) is 10.8 Å². The van der Waals surface area contributed by atoms with Crippen LogP contribution in [0.2, 0.25) is 0 Å². The molecular formula is C43H56N2O6. The number of benzene rings is 3. The van der Waals surface area contributed by atoms with Crippen LogP contribution >= 0.6 is 0 Å². The van der Waals surface area contributed by atoms with Crippen molar-refractivity contribution >= 4 is 11.9 Å². The number of likely N-dealkylation sites (tertiary alicyclic amines) is 1. The molecule has 2 aliphatic heterocycles. The zero-order valence-electron chi connectivity index (χ0n) is 30.6. The molecule has 2 heterocycles. The number of carbonyl (C=O) groups excluding carboxylic acids is 1. The predicted octanol–water partition coefficient (Wildman–Crippen LogP) is 8.33. The van der Waals surface area contributed by atoms with E-state index >= 15 is 0 Å². The number of amides is 1. The molecule has 3 aromatic carbocycles. The molecule has 3 aromatic rings. The summed E-state index contributed by atoms with van der Waals surface area (Å²) in [7, 11) is 0. The van der Waals surface area contributed by atoms with Crippen molar-refractivity contribution in [2.24, 2.45) is 10.8 Å². The Hall–Kier alpha value is -3.56. The first-order chi connectivity index (χ1) is 24.5. The van der Waals surface area contributed by atoms with E-state index in [1.807, 2.05) is 24.3 Å². The molecule has 1 amide bonds. The lowest BCUT2D eigenvalue weighted by Gasteiger charge is -2.41. The molecule has 2 bridgehead atoms. The molecule has 0 spiro atoms. The lowest BCUT2D eigenvalue weighted by molar-refractivity contribution is -0.253. The van der Waals surface area contributed by atoms with Crippen molar-refractivity contribution in [1.82, 2.24) is 10.2 Å². The summed E-state index contributed by atoms with van der Waals surface area (Å²) in [4.78, 5) is 25.8. The number of aliphatic carboxylic acids is 1. The van der Waals surface area contributed by atoms with Crippen molar-refractivity contribution in [3.8, 4) is 11.1 Å². The summed E-state index contributed by atoms with van der Waals surface area (Å²) in [5, 5.41) is 21.4. The normalized spacial score (nSPS) is 25.8. The van der Waals surface area contributed by atoms with E-state index in [9.17, 15) is 14.7 Å². The number of hydrogen-bond acceptors (Lipinski definition) is 6. The topological polar surface area (TPSA) is 108 Å². The first kappa shape index (κ1) is 37.2. The lowest BCUT2D eigenvalue weighted by atomic mass is 9.65. The van der Waals surface area contributed by atoms with Crippen molar-refractivity contribution in [2.75, 3.05) is 13.1 Å². The average molecular weight is 697 g/mol. The number of nitrogens with zero attached hydrogens (tertiary/aromatic N) is 1. The second-order valence-corrected chi connectivity index (χ2v) is 16.4. The zero-order chi connectivity index (χ0) is 36.0. The second kappa shape index (κ2) is 16.4. The molecule has 5 atom stereocenters. The standard InChI is InChI=1S/C43H56N2O6/c1-42(2)23-36-24-43(3,28-42)29-45(36)26-37-22-38(33-15-13-30(27-46)14-16-33)51-41(50-37)34-19-17-32(18-20-34)35-10-8-9-31(21-35)25-44-39(47)11-6-4-5-7-12-40(48)49/h8-10,13-21,36-38,41,46H,4-7,11-12,22-29H2,1-3H3,(H,44,47)(H,48,49). The van der Waals surface area contributed by atoms with E-state index in [1.165, 1.54) is 19.3 Å². The monoisotopic (exact) mass is 696 g/mol. The molecule has 3 aliphatic rings. The largest absolute Gasteiger partial charge is 0.481 e. The van der Waals surface area contributed by atoms with Gasteiger partial charge in [0.15, 0.2) is 6.29 Å². The van der Waals surface area contributed by atoms with Crippen LogP contribution < -0.4 is 5.32 Å². The van der Waals surface area contributed by atoms with Crippen LogP contribution in [-0.2, 0) is 32.2 Å². The lowest BCUT2D eigenvalue weighted by Crippen LogP contribution is -2.42. The summed E-state index contributed by atoms with van der Waals surface area (Å²) in [6.07, 6.45) is 7.72. The molecule has 8 nitrogen and oxygen atoms in total. The highest BCUT2D eigenvalue weighted by atomic mass is 16.7. The number of carboxylic acids is 1. The Morgan fingerprint density at radius 2 is 1.57 bits per heavy atom. The van der Waals surface area contributed by atoms with Crippen LogP contribution in [0.15, 0.2) is 72.8 Å². The van der Waals surface area contributed by atoms with E-state index in [-0.39, 0.29) is 31.1 Å². The van der Waals surface area contributed by atoms with Crippen LogP contribution in [0.3, 0.4) is 0 Å². The van der Waals surface area contributed by atoms with Gasteiger partial charge in [-0.15, -0.1) is 0 Å². The van der Waals surface area contributed by atoms with Gasteiger partial charge in [-0.25, -0.2) is 0 Å². The van der Waals surface area contributed by atoms with E-state index in [2.05, 4.69) is 79.5 Å². The van der Waals surface area contributed by atoms with Gasteiger partial charge in [0.1, 0.15) is 0 Å². The molecule has 8 heteroatoms. The van der Waals surface area contributed by atoms with Gasteiger partial charge >= 0.3 is 5.97 Å². The first-order valence-electron chi connectivity index (χ1n) is 18.9. The highest BCUT2D eigenvalue weighted by Crippen LogP contribution is 2.53. The molecule has 2 saturated heterocycles. The van der Waals surface area contributed by atoms with E-state index < -0.39 is 12.3 Å². The second-order valence-electron chi connectivity index (χ2n) is 16.4. The quantitative estimate of drug-likeness (QED) is 0.137. The highest BCUT2D eigenvalue weighted by Gasteiger charge is 2.50. The summed E-state index contributed by atoms with van der Waals surface area (Å²) in [6.45, 7) is 9.81. The molecule has 51 heavy (non-hydrogen) atoms. The molecule has 0 aromatic heterocycles. The van der Waals surface area contributed by atoms with Crippen molar-refractivity contribution in [1.29, 1.82) is 0 Å². The van der Waals surface area contributed by atoms with Crippen LogP contribution in [0.1, 0.15) is 120 Å². The first-order valence-corrected chi connectivity index (χ1v) is 18.9. The van der Waals surface area contributed by atoms with Crippen LogP contribution in [0.25, 0.3) is 11.1 Å². The van der Waals surface area contributed by atoms with Crippen LogP contribution in [0.4, 0.5) is 0 Å². The third-order valence-electron chi connectivity index (χ3n) is 11.1. The fourth-order valence-corrected chi connectivity index (χ4v) is 8.98. The van der Waals surface area contributed by atoms with Gasteiger partial charge in [-0.05, 0) is 76.8 Å². The van der Waals surface area contributed by atoms with Gasteiger partial charge in [0.05, 0.1) is 18.8 Å². The molecule has 1 saturated carbocycles. The number of fused-ring (bicyclic) bond motifs is 2. The molecule has 274 valence electrons. The number of aliphatic hydroxyl groups excluding tert-OH is 1. The number of nitrogens with one attached hydrogen (secondary N) is 1. The van der Waals surface area contributed by atoms with E-state index in [1.54, 1.807) is 0 Å². The summed E-state index contributed by atoms with van der Waals surface area (Å²) in [6, 6.07) is 25.4. The van der Waals surface area contributed by atoms with Gasteiger partial charge in [-0.2, -0.15) is 0 Å². The Bertz CT molecular complexity index is 1620. The molecular weight excluding hydrogens is 640 g/mol. The predicted molar refractivity (Wildman–Crippen MR) is 199 cm³/mol. The number of carboxylic acid groups (broad SMARTS) is 1.